The van der Waals surface area contributed by atoms with Gasteiger partial charge in [-0.05, 0) is 32.2 Å². The number of rotatable bonds is 6. The van der Waals surface area contributed by atoms with E-state index in [9.17, 15) is 0 Å². The first kappa shape index (κ1) is 22.0. The van der Waals surface area contributed by atoms with Gasteiger partial charge in [0.15, 0.2) is 5.96 Å². The lowest BCUT2D eigenvalue weighted by Crippen LogP contribution is -2.43. The van der Waals surface area contributed by atoms with Gasteiger partial charge in [0.05, 0.1) is 12.2 Å². The van der Waals surface area contributed by atoms with Gasteiger partial charge in [-0.2, -0.15) is 5.10 Å². The molecule has 0 unspecified atom stereocenters. The average Bonchev–Trinajstić information content (AvgIpc) is 3.14. The normalized spacial score (nSPS) is 12.0. The van der Waals surface area contributed by atoms with Crippen LogP contribution in [0.1, 0.15) is 42.6 Å². The zero-order chi connectivity index (χ0) is 17.7. The maximum Gasteiger partial charge on any atom is 0.191 e. The number of aryl methyl sites for hydroxylation is 2. The summed E-state index contributed by atoms with van der Waals surface area (Å²) in [5.74, 6) is 0.852. The van der Waals surface area contributed by atoms with E-state index in [2.05, 4.69) is 60.9 Å². The quantitative estimate of drug-likeness (QED) is 0.380. The molecule has 2 heterocycles. The van der Waals surface area contributed by atoms with E-state index in [0.29, 0.717) is 6.54 Å². The molecule has 0 aliphatic rings. The second kappa shape index (κ2) is 9.56. The third-order valence-electron chi connectivity index (χ3n) is 4.28. The van der Waals surface area contributed by atoms with Crippen molar-refractivity contribution in [3.8, 4) is 0 Å². The summed E-state index contributed by atoms with van der Waals surface area (Å²) in [5, 5.41) is 13.4. The smallest absolute Gasteiger partial charge is 0.191 e. The second-order valence-corrected chi connectivity index (χ2v) is 7.63. The Hall–Kier alpha value is -1.09. The van der Waals surface area contributed by atoms with Gasteiger partial charge in [-0.15, -0.1) is 35.3 Å². The predicted molar refractivity (Wildman–Crippen MR) is 118 cm³/mol. The first-order chi connectivity index (χ1) is 11.3. The molecule has 0 aromatic carbocycles. The van der Waals surface area contributed by atoms with Crippen molar-refractivity contribution in [3.05, 3.63) is 39.3 Å². The number of guanidine groups is 1. The molecule has 5 nitrogen and oxygen atoms in total. The summed E-state index contributed by atoms with van der Waals surface area (Å²) in [4.78, 5) is 6.13. The molecule has 0 saturated carbocycles. The van der Waals surface area contributed by atoms with Crippen molar-refractivity contribution in [1.82, 2.24) is 20.4 Å². The minimum atomic E-state index is 0. The maximum absolute atomic E-state index is 4.75. The second-order valence-electron chi connectivity index (χ2n) is 6.68. The summed E-state index contributed by atoms with van der Waals surface area (Å²) < 4.78 is 1.92. The molecule has 25 heavy (non-hydrogen) atoms. The third-order valence-corrected chi connectivity index (χ3v) is 5.52. The number of hydrogen-bond acceptors (Lipinski definition) is 3. The van der Waals surface area contributed by atoms with Crippen LogP contribution in [0.2, 0.25) is 0 Å². The topological polar surface area (TPSA) is 54.2 Å². The molecular weight excluding hydrogens is 445 g/mol. The molecule has 0 bridgehead atoms. The van der Waals surface area contributed by atoms with Crippen LogP contribution < -0.4 is 10.6 Å². The Labute approximate surface area is 172 Å². The van der Waals surface area contributed by atoms with Gasteiger partial charge in [0.2, 0.25) is 0 Å². The SMILES string of the molecule is CCNC(=NCc1c(C)nn(C)c1C)NCC(C)(C)c1cccs1.I. The van der Waals surface area contributed by atoms with Gasteiger partial charge < -0.3 is 10.6 Å². The number of aromatic nitrogens is 2. The van der Waals surface area contributed by atoms with E-state index in [0.717, 1.165) is 24.7 Å². The summed E-state index contributed by atoms with van der Waals surface area (Å²) in [5.41, 5.74) is 3.50. The molecule has 2 aromatic rings. The summed E-state index contributed by atoms with van der Waals surface area (Å²) >= 11 is 1.80. The molecule has 2 rings (SSSR count). The Bertz CT molecular complexity index is 689. The van der Waals surface area contributed by atoms with Crippen molar-refractivity contribution in [1.29, 1.82) is 0 Å². The zero-order valence-electron chi connectivity index (χ0n) is 16.0. The average molecular weight is 475 g/mol. The summed E-state index contributed by atoms with van der Waals surface area (Å²) in [6.07, 6.45) is 0. The molecule has 0 aliphatic carbocycles. The number of aliphatic imine (C=N–C) groups is 1. The van der Waals surface area contributed by atoms with Crippen molar-refractivity contribution in [2.24, 2.45) is 12.0 Å². The fourth-order valence-corrected chi connectivity index (χ4v) is 3.45. The number of halogens is 1. The van der Waals surface area contributed by atoms with Crippen molar-refractivity contribution in [3.63, 3.8) is 0 Å². The Morgan fingerprint density at radius 2 is 2.04 bits per heavy atom. The predicted octanol–water partition coefficient (Wildman–Crippen LogP) is 3.75. The number of nitrogens with one attached hydrogen (secondary N) is 2. The first-order valence-corrected chi connectivity index (χ1v) is 9.28. The lowest BCUT2D eigenvalue weighted by Gasteiger charge is -2.25. The van der Waals surface area contributed by atoms with Gasteiger partial charge in [-0.1, -0.05) is 19.9 Å². The van der Waals surface area contributed by atoms with Crippen LogP contribution in [0.25, 0.3) is 0 Å². The number of hydrogen-bond donors (Lipinski definition) is 2. The van der Waals surface area contributed by atoms with Crippen molar-refractivity contribution in [2.75, 3.05) is 13.1 Å². The molecule has 0 radical (unpaired) electrons. The monoisotopic (exact) mass is 475 g/mol. The summed E-state index contributed by atoms with van der Waals surface area (Å²) in [7, 11) is 1.97. The van der Waals surface area contributed by atoms with Crippen LogP contribution in [0.4, 0.5) is 0 Å². The highest BCUT2D eigenvalue weighted by Crippen LogP contribution is 2.26. The van der Waals surface area contributed by atoms with Gasteiger partial charge in [-0.25, -0.2) is 4.99 Å². The van der Waals surface area contributed by atoms with Gasteiger partial charge >= 0.3 is 0 Å². The van der Waals surface area contributed by atoms with Crippen molar-refractivity contribution in [2.45, 2.75) is 46.6 Å². The molecule has 0 amide bonds. The van der Waals surface area contributed by atoms with E-state index >= 15 is 0 Å². The van der Waals surface area contributed by atoms with Crippen molar-refractivity contribution >= 4 is 41.3 Å². The van der Waals surface area contributed by atoms with E-state index in [1.54, 1.807) is 11.3 Å². The standard InChI is InChI=1S/C18H29N5S.HI/c1-7-19-17(20-11-15-13(2)22-23(6)14(15)3)21-12-18(4,5)16-9-8-10-24-16;/h8-10H,7,11-12H2,1-6H3,(H2,19,20,21);1H. The molecule has 0 spiro atoms. The molecule has 0 saturated heterocycles. The molecular formula is C18H30IN5S. The fourth-order valence-electron chi connectivity index (χ4n) is 2.60. The molecule has 0 atom stereocenters. The van der Waals surface area contributed by atoms with Crippen LogP contribution in [0, 0.1) is 13.8 Å². The minimum Gasteiger partial charge on any atom is -0.357 e. The van der Waals surface area contributed by atoms with Gasteiger partial charge in [-0.3, -0.25) is 4.68 Å². The first-order valence-electron chi connectivity index (χ1n) is 8.40. The minimum absolute atomic E-state index is 0. The zero-order valence-corrected chi connectivity index (χ0v) is 19.2. The molecule has 7 heteroatoms. The highest BCUT2D eigenvalue weighted by Gasteiger charge is 2.22. The lowest BCUT2D eigenvalue weighted by atomic mass is 9.91. The van der Waals surface area contributed by atoms with Crippen LogP contribution in [0.15, 0.2) is 22.5 Å². The van der Waals surface area contributed by atoms with E-state index in [1.165, 1.54) is 16.1 Å². The molecule has 2 N–H and O–H groups in total. The number of nitrogens with zero attached hydrogens (tertiary/aromatic N) is 3. The van der Waals surface area contributed by atoms with Crippen LogP contribution in [0.5, 0.6) is 0 Å². The van der Waals surface area contributed by atoms with E-state index in [-0.39, 0.29) is 29.4 Å². The van der Waals surface area contributed by atoms with Crippen LogP contribution in [0.3, 0.4) is 0 Å². The Kier molecular flexibility index (Phi) is 8.40. The van der Waals surface area contributed by atoms with E-state index in [4.69, 9.17) is 4.99 Å². The van der Waals surface area contributed by atoms with E-state index in [1.807, 2.05) is 18.7 Å². The largest absolute Gasteiger partial charge is 0.357 e. The molecule has 2 aromatic heterocycles. The third kappa shape index (κ3) is 5.70. The highest BCUT2D eigenvalue weighted by atomic mass is 127. The Balaban J connectivity index is 0.00000312. The number of thiophene rings is 1. The Morgan fingerprint density at radius 3 is 2.56 bits per heavy atom. The summed E-state index contributed by atoms with van der Waals surface area (Å²) in [6, 6.07) is 4.30. The fraction of sp³-hybridized carbons (Fsp3) is 0.556. The molecule has 0 fully saturated rings. The lowest BCUT2D eigenvalue weighted by molar-refractivity contribution is 0.518. The Morgan fingerprint density at radius 1 is 1.32 bits per heavy atom. The molecule has 0 aliphatic heterocycles. The maximum atomic E-state index is 4.75. The van der Waals surface area contributed by atoms with Crippen LogP contribution >= 0.6 is 35.3 Å². The van der Waals surface area contributed by atoms with E-state index < -0.39 is 0 Å². The van der Waals surface area contributed by atoms with Gasteiger partial charge in [0.1, 0.15) is 0 Å². The molecule has 140 valence electrons. The van der Waals surface area contributed by atoms with Crippen LogP contribution in [-0.4, -0.2) is 28.8 Å². The van der Waals surface area contributed by atoms with Gasteiger partial charge in [0, 0.05) is 41.7 Å². The van der Waals surface area contributed by atoms with Crippen LogP contribution in [-0.2, 0) is 19.0 Å². The highest BCUT2D eigenvalue weighted by molar-refractivity contribution is 14.0. The van der Waals surface area contributed by atoms with Crippen molar-refractivity contribution < 1.29 is 0 Å². The van der Waals surface area contributed by atoms with Gasteiger partial charge in [0.25, 0.3) is 0 Å². The summed E-state index contributed by atoms with van der Waals surface area (Å²) in [6.45, 7) is 13.0.